The van der Waals surface area contributed by atoms with E-state index in [1.165, 1.54) is 0 Å². The summed E-state index contributed by atoms with van der Waals surface area (Å²) in [6.07, 6.45) is 1.75. The number of halogens is 1. The number of anilines is 1. The molecule has 0 radical (unpaired) electrons. The van der Waals surface area contributed by atoms with Crippen LogP contribution < -0.4 is 5.32 Å². The van der Waals surface area contributed by atoms with Gasteiger partial charge in [0, 0.05) is 22.3 Å². The summed E-state index contributed by atoms with van der Waals surface area (Å²) in [4.78, 5) is 16.9. The molecular weight excluding hydrogens is 360 g/mol. The molecule has 134 valence electrons. The lowest BCUT2D eigenvalue weighted by Crippen LogP contribution is -2.19. The molecule has 4 rings (SSSR count). The number of aromatic nitrogens is 3. The number of hydrogen-bond acceptors (Lipinski definition) is 3. The fraction of sp³-hybridized carbons (Fsp3) is 0.0952. The van der Waals surface area contributed by atoms with E-state index < -0.39 is 0 Å². The second-order valence-electron chi connectivity index (χ2n) is 6.22. The number of benzene rings is 2. The average Bonchev–Trinajstić information content (AvgIpc) is 2.98. The maximum atomic E-state index is 12.5. The molecule has 5 nitrogen and oxygen atoms in total. The van der Waals surface area contributed by atoms with Crippen molar-refractivity contribution in [3.05, 3.63) is 77.6 Å². The molecule has 1 N–H and O–H groups in total. The van der Waals surface area contributed by atoms with Crippen LogP contribution in [0.2, 0.25) is 5.02 Å². The van der Waals surface area contributed by atoms with Gasteiger partial charge < -0.3 is 5.32 Å². The summed E-state index contributed by atoms with van der Waals surface area (Å²) in [6.45, 7) is 2.00. The lowest BCUT2D eigenvalue weighted by atomic mass is 10.0. The number of rotatable bonds is 4. The van der Waals surface area contributed by atoms with Gasteiger partial charge in [-0.05, 0) is 42.3 Å². The van der Waals surface area contributed by atoms with Crippen molar-refractivity contribution in [1.82, 2.24) is 14.8 Å². The van der Waals surface area contributed by atoms with Gasteiger partial charge in [0.25, 0.3) is 0 Å². The van der Waals surface area contributed by atoms with E-state index >= 15 is 0 Å². The summed E-state index contributed by atoms with van der Waals surface area (Å²) in [5.41, 5.74) is 4.33. The van der Waals surface area contributed by atoms with Crippen LogP contribution in [0.3, 0.4) is 0 Å². The number of fused-ring (bicyclic) bond motifs is 1. The van der Waals surface area contributed by atoms with Gasteiger partial charge in [0.05, 0.1) is 5.69 Å². The van der Waals surface area contributed by atoms with Crippen molar-refractivity contribution in [1.29, 1.82) is 0 Å². The van der Waals surface area contributed by atoms with E-state index in [2.05, 4.69) is 27.5 Å². The Morgan fingerprint density at radius 2 is 1.93 bits per heavy atom. The van der Waals surface area contributed by atoms with E-state index in [1.807, 2.05) is 31.2 Å². The van der Waals surface area contributed by atoms with Gasteiger partial charge in [0.1, 0.15) is 6.54 Å². The van der Waals surface area contributed by atoms with Gasteiger partial charge in [-0.1, -0.05) is 48.0 Å². The maximum Gasteiger partial charge on any atom is 0.246 e. The molecule has 0 unspecified atom stereocenters. The fourth-order valence-corrected chi connectivity index (χ4v) is 3.34. The predicted molar refractivity (Wildman–Crippen MR) is 108 cm³/mol. The molecule has 6 heteroatoms. The molecule has 2 aromatic heterocycles. The molecule has 2 heterocycles. The van der Waals surface area contributed by atoms with E-state index in [9.17, 15) is 4.79 Å². The van der Waals surface area contributed by atoms with E-state index in [1.54, 1.807) is 35.1 Å². The van der Waals surface area contributed by atoms with Gasteiger partial charge >= 0.3 is 0 Å². The summed E-state index contributed by atoms with van der Waals surface area (Å²) in [7, 11) is 0. The topological polar surface area (TPSA) is 59.8 Å². The van der Waals surface area contributed by atoms with Gasteiger partial charge in [0.15, 0.2) is 5.65 Å². The summed E-state index contributed by atoms with van der Waals surface area (Å²) < 4.78 is 1.64. The predicted octanol–water partition coefficient (Wildman–Crippen LogP) is 4.70. The first-order valence-corrected chi connectivity index (χ1v) is 8.92. The van der Waals surface area contributed by atoms with E-state index in [4.69, 9.17) is 11.6 Å². The molecule has 0 bridgehead atoms. The first-order valence-electron chi connectivity index (χ1n) is 8.55. The monoisotopic (exact) mass is 376 g/mol. The van der Waals surface area contributed by atoms with Gasteiger partial charge in [-0.3, -0.25) is 4.79 Å². The Labute approximate surface area is 161 Å². The first-order chi connectivity index (χ1) is 13.1. The lowest BCUT2D eigenvalue weighted by molar-refractivity contribution is -0.116. The Bertz CT molecular complexity index is 1120. The highest BCUT2D eigenvalue weighted by Gasteiger charge is 2.15. The van der Waals surface area contributed by atoms with Crippen molar-refractivity contribution in [2.45, 2.75) is 13.5 Å². The minimum atomic E-state index is -0.186. The molecule has 0 spiro atoms. The zero-order valence-electron chi connectivity index (χ0n) is 14.7. The molecule has 0 saturated heterocycles. The maximum absolute atomic E-state index is 12.5. The fourth-order valence-electron chi connectivity index (χ4n) is 3.15. The molecule has 0 saturated carbocycles. The molecule has 2 aromatic carbocycles. The van der Waals surface area contributed by atoms with Crippen molar-refractivity contribution in [2.75, 3.05) is 5.32 Å². The van der Waals surface area contributed by atoms with Crippen molar-refractivity contribution in [2.24, 2.45) is 0 Å². The smallest absolute Gasteiger partial charge is 0.246 e. The molecule has 27 heavy (non-hydrogen) atoms. The number of hydrogen-bond donors (Lipinski definition) is 1. The third-order valence-electron chi connectivity index (χ3n) is 4.29. The standard InChI is InChI=1S/C21H17ClN4O/c1-14-20-18(15-6-3-2-4-7-15)10-11-23-21(20)26(25-14)13-19(27)24-17-9-5-8-16(22)12-17/h2-12H,13H2,1H3,(H,24,27). The van der Waals surface area contributed by atoms with Crippen molar-refractivity contribution in [3.63, 3.8) is 0 Å². The molecule has 0 atom stereocenters. The Balaban J connectivity index is 1.66. The van der Waals surface area contributed by atoms with Crippen molar-refractivity contribution < 1.29 is 4.79 Å². The van der Waals surface area contributed by atoms with Gasteiger partial charge in [-0.2, -0.15) is 5.10 Å². The van der Waals surface area contributed by atoms with Gasteiger partial charge in [-0.25, -0.2) is 9.67 Å². The summed E-state index contributed by atoms with van der Waals surface area (Å²) in [5, 5.41) is 8.91. The van der Waals surface area contributed by atoms with E-state index in [-0.39, 0.29) is 12.5 Å². The molecule has 4 aromatic rings. The van der Waals surface area contributed by atoms with Crippen LogP contribution in [0.25, 0.3) is 22.2 Å². The molecule has 0 fully saturated rings. The van der Waals surface area contributed by atoms with Crippen molar-refractivity contribution in [3.8, 4) is 11.1 Å². The largest absolute Gasteiger partial charge is 0.324 e. The number of nitrogens with zero attached hydrogens (tertiary/aromatic N) is 3. The van der Waals surface area contributed by atoms with Crippen molar-refractivity contribution >= 4 is 34.2 Å². The summed E-state index contributed by atoms with van der Waals surface area (Å²) >= 11 is 5.97. The SMILES string of the molecule is Cc1nn(CC(=O)Nc2cccc(Cl)c2)c2nccc(-c3ccccc3)c12. The second-order valence-corrected chi connectivity index (χ2v) is 6.66. The van der Waals surface area contributed by atoms with Crippen LogP contribution in [0.4, 0.5) is 5.69 Å². The van der Waals surface area contributed by atoms with Gasteiger partial charge in [0.2, 0.25) is 5.91 Å². The lowest BCUT2D eigenvalue weighted by Gasteiger charge is -2.07. The third-order valence-corrected chi connectivity index (χ3v) is 4.53. The average molecular weight is 377 g/mol. The van der Waals surface area contributed by atoms with Crippen LogP contribution in [0, 0.1) is 6.92 Å². The highest BCUT2D eigenvalue weighted by atomic mass is 35.5. The van der Waals surface area contributed by atoms with Crippen LogP contribution in [-0.4, -0.2) is 20.7 Å². The van der Waals surface area contributed by atoms with Crippen LogP contribution in [0.1, 0.15) is 5.69 Å². The number of nitrogens with one attached hydrogen (secondary N) is 1. The van der Waals surface area contributed by atoms with Gasteiger partial charge in [-0.15, -0.1) is 0 Å². The Kier molecular flexibility index (Phi) is 4.60. The Morgan fingerprint density at radius 3 is 2.70 bits per heavy atom. The van der Waals surface area contributed by atoms with Crippen LogP contribution in [0.15, 0.2) is 66.9 Å². The molecular formula is C21H17ClN4O. The zero-order chi connectivity index (χ0) is 18.8. The Hall–Kier alpha value is -3.18. The quantitative estimate of drug-likeness (QED) is 0.561. The third kappa shape index (κ3) is 3.55. The van der Waals surface area contributed by atoms with E-state index in [0.29, 0.717) is 16.4 Å². The minimum absolute atomic E-state index is 0.0715. The zero-order valence-corrected chi connectivity index (χ0v) is 15.4. The van der Waals surface area contributed by atoms with E-state index in [0.717, 1.165) is 22.2 Å². The number of carbonyl (C=O) groups excluding carboxylic acids is 1. The highest BCUT2D eigenvalue weighted by Crippen LogP contribution is 2.29. The number of amides is 1. The van der Waals surface area contributed by atoms with Crippen LogP contribution in [-0.2, 0) is 11.3 Å². The molecule has 0 aliphatic rings. The molecule has 1 amide bonds. The molecule has 0 aliphatic carbocycles. The summed E-state index contributed by atoms with van der Waals surface area (Å²) in [6, 6.07) is 19.1. The van der Waals surface area contributed by atoms with Crippen LogP contribution in [0.5, 0.6) is 0 Å². The minimum Gasteiger partial charge on any atom is -0.324 e. The van der Waals surface area contributed by atoms with Crippen LogP contribution >= 0.6 is 11.6 Å². The molecule has 0 aliphatic heterocycles. The second kappa shape index (κ2) is 7.21. The Morgan fingerprint density at radius 1 is 1.11 bits per heavy atom. The number of aryl methyl sites for hydroxylation is 1. The number of pyridine rings is 1. The first kappa shape index (κ1) is 17.2. The normalized spacial score (nSPS) is 10.9. The highest BCUT2D eigenvalue weighted by molar-refractivity contribution is 6.30. The summed E-state index contributed by atoms with van der Waals surface area (Å²) in [5.74, 6) is -0.186. The number of carbonyl (C=O) groups is 1.